The number of benzene rings is 1. The summed E-state index contributed by atoms with van der Waals surface area (Å²) < 4.78 is 9.06. The van der Waals surface area contributed by atoms with Gasteiger partial charge in [-0.15, -0.1) is 0 Å². The second-order valence-corrected chi connectivity index (χ2v) is 2.29. The topological polar surface area (TPSA) is 52.6 Å². The smallest absolute Gasteiger partial charge is 0.298 e. The summed E-state index contributed by atoms with van der Waals surface area (Å²) in [6.45, 7) is 0.646. The Balaban J connectivity index is 0.00000196. The maximum atomic E-state index is 10.1. The van der Waals surface area contributed by atoms with Gasteiger partial charge in [0.1, 0.15) is 5.75 Å². The van der Waals surface area contributed by atoms with Gasteiger partial charge in [-0.2, -0.15) is 0 Å². The molecule has 0 spiro atoms. The van der Waals surface area contributed by atoms with Crippen LogP contribution in [0.5, 0.6) is 5.75 Å². The van der Waals surface area contributed by atoms with Crippen molar-refractivity contribution in [3.63, 3.8) is 0 Å². The molecule has 73 valence electrons. The van der Waals surface area contributed by atoms with Crippen LogP contribution < -0.4 is 4.74 Å². The van der Waals surface area contributed by atoms with E-state index < -0.39 is 0 Å². The molecule has 0 aliphatic heterocycles. The van der Waals surface area contributed by atoms with Crippen molar-refractivity contribution in [2.24, 2.45) is 0 Å². The number of rotatable bonds is 5. The molecule has 5 heteroatoms. The third-order valence-corrected chi connectivity index (χ3v) is 1.48. The van der Waals surface area contributed by atoms with Crippen molar-refractivity contribution in [2.75, 3.05) is 0 Å². The minimum atomic E-state index is 0. The van der Waals surface area contributed by atoms with Gasteiger partial charge >= 0.3 is 0 Å². The third kappa shape index (κ3) is 4.78. The quantitative estimate of drug-likeness (QED) is 0.417. The van der Waals surface area contributed by atoms with Crippen molar-refractivity contribution in [1.29, 1.82) is 0 Å². The van der Waals surface area contributed by atoms with E-state index in [4.69, 9.17) is 4.74 Å². The standard InChI is InChI=1S/C10H8O4.Na/c11-7-13-6-5-9-3-1-2-4-10(9)14-8-12;/h1-8H;. The molecule has 0 aromatic heterocycles. The summed E-state index contributed by atoms with van der Waals surface area (Å²) in [6.07, 6.45) is 2.73. The molecular formula is C10H8NaO4. The Labute approximate surface area is 109 Å². The van der Waals surface area contributed by atoms with Crippen molar-refractivity contribution in [2.45, 2.75) is 0 Å². The van der Waals surface area contributed by atoms with Crippen LogP contribution in [-0.4, -0.2) is 42.5 Å². The van der Waals surface area contributed by atoms with Gasteiger partial charge in [-0.3, -0.25) is 9.59 Å². The van der Waals surface area contributed by atoms with Crippen LogP contribution in [0.25, 0.3) is 6.08 Å². The van der Waals surface area contributed by atoms with Crippen molar-refractivity contribution in [3.05, 3.63) is 36.1 Å². The van der Waals surface area contributed by atoms with Gasteiger partial charge in [-0.1, -0.05) is 18.2 Å². The zero-order chi connectivity index (χ0) is 10.2. The van der Waals surface area contributed by atoms with E-state index in [0.29, 0.717) is 24.3 Å². The molecule has 0 unspecified atom stereocenters. The Bertz CT molecular complexity index is 349. The van der Waals surface area contributed by atoms with Crippen molar-refractivity contribution in [1.82, 2.24) is 0 Å². The molecule has 0 N–H and O–H groups in total. The van der Waals surface area contributed by atoms with Crippen LogP contribution in [0, 0.1) is 0 Å². The van der Waals surface area contributed by atoms with Gasteiger partial charge in [0.25, 0.3) is 12.9 Å². The number of hydrogen-bond acceptors (Lipinski definition) is 4. The Hall–Kier alpha value is -1.10. The average Bonchev–Trinajstić information content (AvgIpc) is 2.21. The van der Waals surface area contributed by atoms with Crippen LogP contribution in [0.3, 0.4) is 0 Å². The first-order valence-corrected chi connectivity index (χ1v) is 3.83. The normalized spacial score (nSPS) is 9.07. The Kier molecular flexibility index (Phi) is 7.62. The van der Waals surface area contributed by atoms with Crippen LogP contribution >= 0.6 is 0 Å². The van der Waals surface area contributed by atoms with E-state index in [9.17, 15) is 9.59 Å². The molecule has 1 aromatic rings. The minimum absolute atomic E-state index is 0. The molecule has 1 aromatic carbocycles. The van der Waals surface area contributed by atoms with Gasteiger partial charge < -0.3 is 9.47 Å². The van der Waals surface area contributed by atoms with E-state index in [1.165, 1.54) is 12.3 Å². The predicted molar refractivity (Wildman–Crippen MR) is 55.1 cm³/mol. The summed E-state index contributed by atoms with van der Waals surface area (Å²) in [4.78, 5) is 20.0. The largest absolute Gasteiger partial charge is 0.437 e. The Morgan fingerprint density at radius 2 is 1.80 bits per heavy atom. The maximum Gasteiger partial charge on any atom is 0.298 e. The van der Waals surface area contributed by atoms with Crippen LogP contribution in [0.1, 0.15) is 5.56 Å². The van der Waals surface area contributed by atoms with Gasteiger partial charge in [0, 0.05) is 35.1 Å². The number of hydrogen-bond donors (Lipinski definition) is 0. The van der Waals surface area contributed by atoms with Gasteiger partial charge in [0.2, 0.25) is 0 Å². The molecule has 0 saturated carbocycles. The average molecular weight is 215 g/mol. The minimum Gasteiger partial charge on any atom is -0.437 e. The van der Waals surface area contributed by atoms with Crippen molar-refractivity contribution >= 4 is 48.6 Å². The van der Waals surface area contributed by atoms with Crippen LogP contribution in [-0.2, 0) is 14.3 Å². The zero-order valence-electron chi connectivity index (χ0n) is 8.25. The zero-order valence-corrected chi connectivity index (χ0v) is 10.3. The molecule has 0 atom stereocenters. The molecule has 0 saturated heterocycles. The first-order chi connectivity index (χ1) is 6.88. The van der Waals surface area contributed by atoms with Gasteiger partial charge in [-0.25, -0.2) is 0 Å². The van der Waals surface area contributed by atoms with E-state index in [2.05, 4.69) is 4.74 Å². The summed E-state index contributed by atoms with van der Waals surface area (Å²) in [5.74, 6) is 0.410. The molecule has 1 rings (SSSR count). The van der Waals surface area contributed by atoms with Crippen LogP contribution in [0.2, 0.25) is 0 Å². The van der Waals surface area contributed by atoms with E-state index in [1.807, 2.05) is 0 Å². The van der Waals surface area contributed by atoms with Crippen LogP contribution in [0.15, 0.2) is 30.5 Å². The molecule has 0 amide bonds. The number of ether oxygens (including phenoxy) is 2. The SMILES string of the molecule is O=COC=Cc1ccccc1OC=O.[Na]. The first kappa shape index (κ1) is 13.9. The summed E-state index contributed by atoms with van der Waals surface area (Å²) in [5.41, 5.74) is 0.654. The van der Waals surface area contributed by atoms with Crippen molar-refractivity contribution < 1.29 is 19.1 Å². The maximum absolute atomic E-state index is 10.1. The molecular weight excluding hydrogens is 207 g/mol. The van der Waals surface area contributed by atoms with Gasteiger partial charge in [0.05, 0.1) is 6.26 Å². The Morgan fingerprint density at radius 3 is 2.47 bits per heavy atom. The summed E-state index contributed by atoms with van der Waals surface area (Å²) in [7, 11) is 0. The number of para-hydroxylation sites is 1. The molecule has 0 aliphatic carbocycles. The second kappa shape index (κ2) is 8.23. The van der Waals surface area contributed by atoms with E-state index >= 15 is 0 Å². The fourth-order valence-electron chi connectivity index (χ4n) is 0.922. The number of carbonyl (C=O) groups is 2. The van der Waals surface area contributed by atoms with Crippen molar-refractivity contribution in [3.8, 4) is 5.75 Å². The van der Waals surface area contributed by atoms with Gasteiger partial charge in [0.15, 0.2) is 0 Å². The molecule has 0 heterocycles. The van der Waals surface area contributed by atoms with Gasteiger partial charge in [-0.05, 0) is 12.1 Å². The van der Waals surface area contributed by atoms with E-state index in [1.54, 1.807) is 24.3 Å². The molecule has 15 heavy (non-hydrogen) atoms. The summed E-state index contributed by atoms with van der Waals surface area (Å²) in [6, 6.07) is 6.87. The third-order valence-electron chi connectivity index (χ3n) is 1.48. The van der Waals surface area contributed by atoms with E-state index in [0.717, 1.165) is 0 Å². The van der Waals surface area contributed by atoms with Crippen LogP contribution in [0.4, 0.5) is 0 Å². The fourth-order valence-corrected chi connectivity index (χ4v) is 0.922. The summed E-state index contributed by atoms with van der Waals surface area (Å²) >= 11 is 0. The molecule has 0 aliphatic rings. The Morgan fingerprint density at radius 1 is 1.07 bits per heavy atom. The molecule has 0 fully saturated rings. The van der Waals surface area contributed by atoms with E-state index in [-0.39, 0.29) is 29.6 Å². The summed E-state index contributed by atoms with van der Waals surface area (Å²) in [5, 5.41) is 0. The molecule has 0 bridgehead atoms. The second-order valence-electron chi connectivity index (χ2n) is 2.29. The monoisotopic (exact) mass is 215 g/mol. The molecule has 4 nitrogen and oxygen atoms in total. The first-order valence-electron chi connectivity index (χ1n) is 3.83. The number of carbonyl (C=O) groups excluding carboxylic acids is 2. The predicted octanol–water partition coefficient (Wildman–Crippen LogP) is 0.985. The molecule has 1 radical (unpaired) electrons. The fraction of sp³-hybridized carbons (Fsp3) is 0.